The Labute approximate surface area is 76.6 Å². The second-order valence-corrected chi connectivity index (χ2v) is 2.52. The molecule has 0 aliphatic heterocycles. The average Bonchev–Trinajstić information content (AvgIpc) is 2.16. The molecule has 5 heteroatoms. The molecule has 1 aromatic heterocycles. The van der Waals surface area contributed by atoms with E-state index in [1.165, 1.54) is 0 Å². The molecule has 1 heterocycles. The van der Waals surface area contributed by atoms with Crippen LogP contribution < -0.4 is 10.6 Å². The Balaban J connectivity index is 2.54. The molecule has 0 atom stereocenters. The van der Waals surface area contributed by atoms with Gasteiger partial charge in [-0.2, -0.15) is 0 Å². The minimum absolute atomic E-state index is 0.0787. The summed E-state index contributed by atoms with van der Waals surface area (Å²) in [5.74, 6) is 0.566. The summed E-state index contributed by atoms with van der Waals surface area (Å²) in [5.41, 5.74) is 0.784. The van der Waals surface area contributed by atoms with Crippen LogP contribution in [0.4, 0.5) is 5.82 Å². The predicted octanol–water partition coefficient (Wildman–Crippen LogP) is -0.0571. The number of nitrogens with zero attached hydrogens (tertiary/aromatic N) is 2. The van der Waals surface area contributed by atoms with E-state index in [0.29, 0.717) is 5.82 Å². The van der Waals surface area contributed by atoms with Crippen LogP contribution in [0.25, 0.3) is 0 Å². The van der Waals surface area contributed by atoms with Crippen LogP contribution in [0.2, 0.25) is 0 Å². The second kappa shape index (κ2) is 4.39. The lowest BCUT2D eigenvalue weighted by Crippen LogP contribution is -2.26. The highest BCUT2D eigenvalue weighted by Crippen LogP contribution is 2.04. The van der Waals surface area contributed by atoms with Crippen LogP contribution in [0.1, 0.15) is 5.69 Å². The molecule has 1 amide bonds. The molecule has 0 aliphatic rings. The molecule has 5 nitrogen and oxygen atoms in total. The van der Waals surface area contributed by atoms with Crippen molar-refractivity contribution in [3.05, 3.63) is 18.1 Å². The SMILES string of the molecule is CNC(=O)CNc1nccnc1C. The first-order valence-corrected chi connectivity index (χ1v) is 3.96. The molecule has 70 valence electrons. The maximum atomic E-state index is 10.9. The molecule has 0 saturated carbocycles. The summed E-state index contributed by atoms with van der Waals surface area (Å²) in [6.45, 7) is 2.05. The molecule has 0 aromatic carbocycles. The normalized spacial score (nSPS) is 9.38. The highest BCUT2D eigenvalue weighted by atomic mass is 16.1. The zero-order valence-corrected chi connectivity index (χ0v) is 7.66. The highest BCUT2D eigenvalue weighted by Gasteiger charge is 2.01. The van der Waals surface area contributed by atoms with Gasteiger partial charge >= 0.3 is 0 Å². The third-order valence-electron chi connectivity index (χ3n) is 1.58. The van der Waals surface area contributed by atoms with Gasteiger partial charge in [0.2, 0.25) is 5.91 Å². The van der Waals surface area contributed by atoms with Gasteiger partial charge in [-0.05, 0) is 6.92 Å². The minimum atomic E-state index is -0.0787. The molecule has 1 rings (SSSR count). The molecule has 13 heavy (non-hydrogen) atoms. The fraction of sp³-hybridized carbons (Fsp3) is 0.375. The summed E-state index contributed by atoms with van der Waals surface area (Å²) in [5, 5.41) is 5.38. The number of hydrogen-bond acceptors (Lipinski definition) is 4. The van der Waals surface area contributed by atoms with Gasteiger partial charge in [-0.25, -0.2) is 4.98 Å². The van der Waals surface area contributed by atoms with Crippen molar-refractivity contribution in [1.29, 1.82) is 0 Å². The fourth-order valence-electron chi connectivity index (χ4n) is 0.834. The summed E-state index contributed by atoms with van der Waals surface area (Å²) < 4.78 is 0. The van der Waals surface area contributed by atoms with Crippen LogP contribution in [0.5, 0.6) is 0 Å². The molecule has 0 radical (unpaired) electrons. The Morgan fingerprint density at radius 2 is 2.15 bits per heavy atom. The van der Waals surface area contributed by atoms with E-state index < -0.39 is 0 Å². The number of nitrogens with one attached hydrogen (secondary N) is 2. The molecule has 0 unspecified atom stereocenters. The van der Waals surface area contributed by atoms with E-state index in [2.05, 4.69) is 20.6 Å². The third kappa shape index (κ3) is 2.70. The number of carbonyl (C=O) groups excluding carboxylic acids is 1. The Kier molecular flexibility index (Phi) is 3.19. The van der Waals surface area contributed by atoms with Crippen LogP contribution in [-0.2, 0) is 4.79 Å². The van der Waals surface area contributed by atoms with Gasteiger partial charge in [-0.3, -0.25) is 9.78 Å². The van der Waals surface area contributed by atoms with E-state index in [1.807, 2.05) is 6.92 Å². The lowest BCUT2D eigenvalue weighted by molar-refractivity contribution is -0.118. The molecule has 0 fully saturated rings. The number of anilines is 1. The molecule has 0 spiro atoms. The van der Waals surface area contributed by atoms with Crippen molar-refractivity contribution < 1.29 is 4.79 Å². The van der Waals surface area contributed by atoms with E-state index >= 15 is 0 Å². The molecule has 2 N–H and O–H groups in total. The Hall–Kier alpha value is -1.65. The number of carbonyl (C=O) groups is 1. The van der Waals surface area contributed by atoms with Gasteiger partial charge < -0.3 is 10.6 Å². The first-order valence-electron chi connectivity index (χ1n) is 3.96. The van der Waals surface area contributed by atoms with Crippen molar-refractivity contribution in [3.8, 4) is 0 Å². The highest BCUT2D eigenvalue weighted by molar-refractivity contribution is 5.80. The van der Waals surface area contributed by atoms with Crippen LogP contribution in [0, 0.1) is 6.92 Å². The predicted molar refractivity (Wildman–Crippen MR) is 49.3 cm³/mol. The standard InChI is InChI=1S/C8H12N4O/c1-6-8(11-4-3-10-6)12-5-7(13)9-2/h3-4H,5H2,1-2H3,(H,9,13)(H,11,12). The summed E-state index contributed by atoms with van der Waals surface area (Å²) in [6.07, 6.45) is 3.19. The van der Waals surface area contributed by atoms with E-state index in [1.54, 1.807) is 19.4 Å². The molecule has 0 saturated heterocycles. The molecule has 1 aromatic rings. The number of amides is 1. The second-order valence-electron chi connectivity index (χ2n) is 2.52. The smallest absolute Gasteiger partial charge is 0.239 e. The van der Waals surface area contributed by atoms with E-state index in [-0.39, 0.29) is 12.5 Å². The lowest BCUT2D eigenvalue weighted by Gasteiger charge is -2.05. The number of rotatable bonds is 3. The first kappa shape index (κ1) is 9.44. The number of aryl methyl sites for hydroxylation is 1. The number of hydrogen-bond donors (Lipinski definition) is 2. The maximum absolute atomic E-state index is 10.9. The van der Waals surface area contributed by atoms with Crippen LogP contribution in [-0.4, -0.2) is 29.5 Å². The van der Waals surface area contributed by atoms with Crippen LogP contribution in [0.3, 0.4) is 0 Å². The van der Waals surface area contributed by atoms with E-state index in [9.17, 15) is 4.79 Å². The lowest BCUT2D eigenvalue weighted by atomic mass is 10.4. The Morgan fingerprint density at radius 3 is 2.77 bits per heavy atom. The zero-order chi connectivity index (χ0) is 9.68. The van der Waals surface area contributed by atoms with Crippen molar-refractivity contribution in [3.63, 3.8) is 0 Å². The Bertz CT molecular complexity index is 300. The van der Waals surface area contributed by atoms with E-state index in [4.69, 9.17) is 0 Å². The summed E-state index contributed by atoms with van der Waals surface area (Å²) in [7, 11) is 1.59. The largest absolute Gasteiger partial charge is 0.360 e. The van der Waals surface area contributed by atoms with Gasteiger partial charge in [0.05, 0.1) is 12.2 Å². The summed E-state index contributed by atoms with van der Waals surface area (Å²) >= 11 is 0. The zero-order valence-electron chi connectivity index (χ0n) is 7.66. The summed E-state index contributed by atoms with van der Waals surface area (Å²) in [6, 6.07) is 0. The van der Waals surface area contributed by atoms with Gasteiger partial charge in [-0.1, -0.05) is 0 Å². The van der Waals surface area contributed by atoms with Crippen molar-refractivity contribution in [2.45, 2.75) is 6.92 Å². The Morgan fingerprint density at radius 1 is 1.46 bits per heavy atom. The fourth-order valence-corrected chi connectivity index (χ4v) is 0.834. The molecular formula is C8H12N4O. The third-order valence-corrected chi connectivity index (χ3v) is 1.58. The van der Waals surface area contributed by atoms with Crippen molar-refractivity contribution in [2.24, 2.45) is 0 Å². The maximum Gasteiger partial charge on any atom is 0.239 e. The molecule has 0 aliphatic carbocycles. The van der Waals surface area contributed by atoms with Gasteiger partial charge in [0.1, 0.15) is 5.82 Å². The van der Waals surface area contributed by atoms with Gasteiger partial charge in [0, 0.05) is 19.4 Å². The van der Waals surface area contributed by atoms with Crippen LogP contribution >= 0.6 is 0 Å². The van der Waals surface area contributed by atoms with Gasteiger partial charge in [0.15, 0.2) is 0 Å². The molecule has 0 bridgehead atoms. The minimum Gasteiger partial charge on any atom is -0.360 e. The molecular weight excluding hydrogens is 168 g/mol. The van der Waals surface area contributed by atoms with Crippen molar-refractivity contribution in [1.82, 2.24) is 15.3 Å². The van der Waals surface area contributed by atoms with E-state index in [0.717, 1.165) is 5.69 Å². The number of likely N-dealkylation sites (N-methyl/N-ethyl adjacent to an activating group) is 1. The van der Waals surface area contributed by atoms with Crippen molar-refractivity contribution in [2.75, 3.05) is 18.9 Å². The van der Waals surface area contributed by atoms with Crippen molar-refractivity contribution >= 4 is 11.7 Å². The van der Waals surface area contributed by atoms with Gasteiger partial charge in [0.25, 0.3) is 0 Å². The average molecular weight is 180 g/mol. The first-order chi connectivity index (χ1) is 6.24. The van der Waals surface area contributed by atoms with Crippen LogP contribution in [0.15, 0.2) is 12.4 Å². The number of aromatic nitrogens is 2. The monoisotopic (exact) mass is 180 g/mol. The topological polar surface area (TPSA) is 66.9 Å². The van der Waals surface area contributed by atoms with Gasteiger partial charge in [-0.15, -0.1) is 0 Å². The summed E-state index contributed by atoms with van der Waals surface area (Å²) in [4.78, 5) is 18.9. The quantitative estimate of drug-likeness (QED) is 0.684.